The Balaban J connectivity index is 1.50. The first-order valence-electron chi connectivity index (χ1n) is 14.4. The molecule has 1 aliphatic heterocycles. The molecule has 3 rings (SSSR count). The van der Waals surface area contributed by atoms with Crippen molar-refractivity contribution in [3.05, 3.63) is 48.0 Å². The van der Waals surface area contributed by atoms with Crippen LogP contribution in [-0.4, -0.2) is 53.5 Å². The van der Waals surface area contributed by atoms with Gasteiger partial charge < -0.3 is 24.4 Å². The Kier molecular flexibility index (Phi) is 13.1. The van der Waals surface area contributed by atoms with Crippen molar-refractivity contribution in [2.75, 3.05) is 6.61 Å². The fraction of sp³-hybridized carbons (Fsp3) is 0.710. The highest BCUT2D eigenvalue weighted by atomic mass is 16.7. The molecule has 1 saturated heterocycles. The lowest BCUT2D eigenvalue weighted by molar-refractivity contribution is -0.196. The van der Waals surface area contributed by atoms with Crippen LogP contribution in [0.4, 0.5) is 0 Å². The zero-order valence-corrected chi connectivity index (χ0v) is 22.8. The number of rotatable bonds is 15. The molecule has 1 saturated carbocycles. The Morgan fingerprint density at radius 1 is 1.14 bits per heavy atom. The number of carbonyl (C=O) groups excluding carboxylic acids is 1. The molecule has 2 fully saturated rings. The van der Waals surface area contributed by atoms with E-state index in [-0.39, 0.29) is 42.4 Å². The molecule has 1 aromatic rings. The van der Waals surface area contributed by atoms with Crippen LogP contribution in [0.25, 0.3) is 0 Å². The average Bonchev–Trinajstić information content (AvgIpc) is 3.17. The van der Waals surface area contributed by atoms with E-state index in [4.69, 9.17) is 14.2 Å². The second kappa shape index (κ2) is 16.3. The summed E-state index contributed by atoms with van der Waals surface area (Å²) >= 11 is 0. The van der Waals surface area contributed by atoms with Crippen LogP contribution in [0.5, 0.6) is 0 Å². The smallest absolute Gasteiger partial charge is 0.306 e. The average molecular weight is 517 g/mol. The molecule has 1 heterocycles. The number of allylic oxidation sites excluding steroid dienone is 2. The Morgan fingerprint density at radius 3 is 2.68 bits per heavy atom. The number of hydrogen-bond donors (Lipinski definition) is 2. The van der Waals surface area contributed by atoms with Crippen molar-refractivity contribution in [2.45, 2.75) is 122 Å². The SMILES string of the molecule is CC(C)OC(=O)CCC/C=C\C[C@@H]1[C@@H](CC[C@@H](O)CCc2ccccc2)[C@H](OC2CCCCO2)C[C@@H]1O. The van der Waals surface area contributed by atoms with Crippen LogP contribution in [0.15, 0.2) is 42.5 Å². The molecule has 6 atom stereocenters. The van der Waals surface area contributed by atoms with Crippen LogP contribution in [0.3, 0.4) is 0 Å². The number of benzene rings is 1. The van der Waals surface area contributed by atoms with E-state index in [0.29, 0.717) is 19.3 Å². The second-order valence-corrected chi connectivity index (χ2v) is 11.0. The molecule has 37 heavy (non-hydrogen) atoms. The highest BCUT2D eigenvalue weighted by molar-refractivity contribution is 5.69. The van der Waals surface area contributed by atoms with Gasteiger partial charge in [-0.25, -0.2) is 0 Å². The molecular formula is C31H48O6. The van der Waals surface area contributed by atoms with E-state index in [1.807, 2.05) is 32.0 Å². The molecule has 1 aromatic carbocycles. The van der Waals surface area contributed by atoms with Gasteiger partial charge in [0.15, 0.2) is 6.29 Å². The highest BCUT2D eigenvalue weighted by Crippen LogP contribution is 2.41. The van der Waals surface area contributed by atoms with E-state index in [9.17, 15) is 15.0 Å². The third-order valence-electron chi connectivity index (χ3n) is 7.60. The van der Waals surface area contributed by atoms with Crippen LogP contribution in [-0.2, 0) is 25.4 Å². The molecule has 0 aromatic heterocycles. The number of hydrogen-bond acceptors (Lipinski definition) is 6. The van der Waals surface area contributed by atoms with Crippen molar-refractivity contribution < 1.29 is 29.2 Å². The van der Waals surface area contributed by atoms with Crippen LogP contribution < -0.4 is 0 Å². The quantitative estimate of drug-likeness (QED) is 0.176. The fourth-order valence-corrected chi connectivity index (χ4v) is 5.61. The van der Waals surface area contributed by atoms with Gasteiger partial charge in [0, 0.05) is 19.4 Å². The summed E-state index contributed by atoms with van der Waals surface area (Å²) in [5.41, 5.74) is 1.24. The molecular weight excluding hydrogens is 468 g/mol. The first-order chi connectivity index (χ1) is 17.9. The minimum Gasteiger partial charge on any atom is -0.463 e. The molecule has 6 heteroatoms. The summed E-state index contributed by atoms with van der Waals surface area (Å²) in [7, 11) is 0. The van der Waals surface area contributed by atoms with Crippen LogP contribution in [0.1, 0.15) is 90.0 Å². The van der Waals surface area contributed by atoms with Gasteiger partial charge in [0.1, 0.15) is 0 Å². The number of aliphatic hydroxyl groups excluding tert-OH is 2. The van der Waals surface area contributed by atoms with Gasteiger partial charge in [0.05, 0.1) is 24.4 Å². The maximum absolute atomic E-state index is 11.7. The van der Waals surface area contributed by atoms with Gasteiger partial charge in [-0.05, 0) is 95.5 Å². The molecule has 0 amide bonds. The molecule has 6 nitrogen and oxygen atoms in total. The standard InChI is InChI=1S/C31H48O6/c1-23(2)36-30(34)15-9-4-3-8-14-26-27(20-19-25(32)18-17-24-12-6-5-7-13-24)29(22-28(26)33)37-31-16-10-11-21-35-31/h3,5-8,12-13,23,25-29,31-33H,4,9-11,14-22H2,1-2H3/b8-3-/t25-,26+,27+,28-,29+,31?/m0/s1. The fourth-order valence-electron chi connectivity index (χ4n) is 5.61. The highest BCUT2D eigenvalue weighted by Gasteiger charge is 2.43. The lowest BCUT2D eigenvalue weighted by Crippen LogP contribution is -2.32. The van der Waals surface area contributed by atoms with Crippen molar-refractivity contribution in [1.82, 2.24) is 0 Å². The Labute approximate surface area is 223 Å². The molecule has 2 N–H and O–H groups in total. The van der Waals surface area contributed by atoms with E-state index in [0.717, 1.165) is 64.4 Å². The molecule has 0 spiro atoms. The van der Waals surface area contributed by atoms with Gasteiger partial charge in [0.2, 0.25) is 0 Å². The molecule has 1 unspecified atom stereocenters. The van der Waals surface area contributed by atoms with Crippen molar-refractivity contribution in [3.8, 4) is 0 Å². The topological polar surface area (TPSA) is 85.2 Å². The predicted molar refractivity (Wildman–Crippen MR) is 145 cm³/mol. The molecule has 0 bridgehead atoms. The molecule has 1 aliphatic carbocycles. The lowest BCUT2D eigenvalue weighted by atomic mass is 9.85. The lowest BCUT2D eigenvalue weighted by Gasteiger charge is -2.30. The first kappa shape index (κ1) is 29.8. The zero-order valence-electron chi connectivity index (χ0n) is 22.8. The third-order valence-corrected chi connectivity index (χ3v) is 7.60. The van der Waals surface area contributed by atoms with Gasteiger partial charge >= 0.3 is 5.97 Å². The van der Waals surface area contributed by atoms with Crippen molar-refractivity contribution in [3.63, 3.8) is 0 Å². The summed E-state index contributed by atoms with van der Waals surface area (Å²) in [6, 6.07) is 10.3. The number of aliphatic hydroxyl groups is 2. The summed E-state index contributed by atoms with van der Waals surface area (Å²) in [6.45, 7) is 4.46. The summed E-state index contributed by atoms with van der Waals surface area (Å²) in [6.07, 6.45) is 12.8. The number of unbranched alkanes of at least 4 members (excludes halogenated alkanes) is 1. The number of aryl methyl sites for hydroxylation is 1. The Bertz CT molecular complexity index is 788. The Morgan fingerprint density at radius 2 is 1.95 bits per heavy atom. The van der Waals surface area contributed by atoms with E-state index < -0.39 is 6.10 Å². The largest absolute Gasteiger partial charge is 0.463 e. The third kappa shape index (κ3) is 10.9. The minimum atomic E-state index is -0.425. The monoisotopic (exact) mass is 516 g/mol. The Hall–Kier alpha value is -1.73. The van der Waals surface area contributed by atoms with Gasteiger partial charge in [-0.1, -0.05) is 42.5 Å². The number of esters is 1. The number of ether oxygens (including phenoxy) is 3. The molecule has 2 aliphatic rings. The summed E-state index contributed by atoms with van der Waals surface area (Å²) in [5.74, 6) is 0.125. The molecule has 208 valence electrons. The van der Waals surface area contributed by atoms with Crippen LogP contribution >= 0.6 is 0 Å². The maximum Gasteiger partial charge on any atom is 0.306 e. The normalized spacial score (nSPS) is 27.1. The summed E-state index contributed by atoms with van der Waals surface area (Å²) in [5, 5.41) is 21.7. The van der Waals surface area contributed by atoms with Crippen molar-refractivity contribution in [1.29, 1.82) is 0 Å². The summed E-state index contributed by atoms with van der Waals surface area (Å²) < 4.78 is 17.4. The minimum absolute atomic E-state index is 0.0522. The van der Waals surface area contributed by atoms with E-state index in [1.165, 1.54) is 5.56 Å². The van der Waals surface area contributed by atoms with Gasteiger partial charge in [-0.15, -0.1) is 0 Å². The van der Waals surface area contributed by atoms with Gasteiger partial charge in [-0.2, -0.15) is 0 Å². The number of carbonyl (C=O) groups is 1. The van der Waals surface area contributed by atoms with E-state index in [2.05, 4.69) is 24.3 Å². The van der Waals surface area contributed by atoms with Gasteiger partial charge in [0.25, 0.3) is 0 Å². The second-order valence-electron chi connectivity index (χ2n) is 11.0. The van der Waals surface area contributed by atoms with Crippen LogP contribution in [0.2, 0.25) is 0 Å². The first-order valence-corrected chi connectivity index (χ1v) is 14.4. The maximum atomic E-state index is 11.7. The van der Waals surface area contributed by atoms with E-state index >= 15 is 0 Å². The van der Waals surface area contributed by atoms with Gasteiger partial charge in [-0.3, -0.25) is 4.79 Å². The molecule has 0 radical (unpaired) electrons. The zero-order chi connectivity index (χ0) is 26.5. The van der Waals surface area contributed by atoms with Crippen molar-refractivity contribution in [2.24, 2.45) is 11.8 Å². The summed E-state index contributed by atoms with van der Waals surface area (Å²) in [4.78, 5) is 11.7. The van der Waals surface area contributed by atoms with E-state index in [1.54, 1.807) is 0 Å². The van der Waals surface area contributed by atoms with Crippen LogP contribution in [0, 0.1) is 11.8 Å². The van der Waals surface area contributed by atoms with Crippen molar-refractivity contribution >= 4 is 5.97 Å². The predicted octanol–water partition coefficient (Wildman–Crippen LogP) is 5.74.